The van der Waals surface area contributed by atoms with Gasteiger partial charge in [0.1, 0.15) is 5.76 Å². The number of hydrogen-bond donors (Lipinski definition) is 2. The average Bonchev–Trinajstić information content (AvgIpc) is 2.54. The van der Waals surface area contributed by atoms with Crippen LogP contribution >= 0.6 is 0 Å². The molecule has 0 bridgehead atoms. The van der Waals surface area contributed by atoms with Gasteiger partial charge in [-0.1, -0.05) is 6.92 Å². The zero-order valence-electron chi connectivity index (χ0n) is 10.8. The summed E-state index contributed by atoms with van der Waals surface area (Å²) in [6.45, 7) is 5.60. The molecule has 1 aromatic rings. The van der Waals surface area contributed by atoms with Gasteiger partial charge in [-0.2, -0.15) is 0 Å². The van der Waals surface area contributed by atoms with Crippen molar-refractivity contribution in [1.82, 2.24) is 10.3 Å². The highest BCUT2D eigenvalue weighted by Gasteiger charge is 2.13. The summed E-state index contributed by atoms with van der Waals surface area (Å²) < 4.78 is 5.31. The van der Waals surface area contributed by atoms with Crippen LogP contribution in [0, 0.1) is 19.8 Å². The van der Waals surface area contributed by atoms with Crippen LogP contribution in [0.5, 0.6) is 0 Å². The lowest BCUT2D eigenvalue weighted by Crippen LogP contribution is -2.25. The number of aromatic nitrogens is 1. The highest BCUT2D eigenvalue weighted by atomic mass is 16.4. The molecule has 0 aromatic carbocycles. The predicted molar refractivity (Wildman–Crippen MR) is 63.9 cm³/mol. The first-order valence-corrected chi connectivity index (χ1v) is 5.80. The molecule has 6 nitrogen and oxygen atoms in total. The summed E-state index contributed by atoms with van der Waals surface area (Å²) in [7, 11) is 0. The number of rotatable bonds is 6. The second-order valence-corrected chi connectivity index (χ2v) is 4.43. The lowest BCUT2D eigenvalue weighted by Gasteiger charge is -2.07. The van der Waals surface area contributed by atoms with Gasteiger partial charge in [0.15, 0.2) is 0 Å². The minimum atomic E-state index is -0.894. The fraction of sp³-hybridized carbons (Fsp3) is 0.583. The van der Waals surface area contributed by atoms with E-state index < -0.39 is 5.97 Å². The summed E-state index contributed by atoms with van der Waals surface area (Å²) in [5, 5.41) is 11.2. The number of hydrogen-bond acceptors (Lipinski definition) is 4. The zero-order valence-corrected chi connectivity index (χ0v) is 10.8. The quantitative estimate of drug-likeness (QED) is 0.800. The van der Waals surface area contributed by atoms with Gasteiger partial charge in [-0.15, -0.1) is 0 Å². The van der Waals surface area contributed by atoms with Gasteiger partial charge >= 0.3 is 5.97 Å². The van der Waals surface area contributed by atoms with E-state index in [-0.39, 0.29) is 31.2 Å². The third-order valence-corrected chi connectivity index (χ3v) is 2.57. The molecule has 1 rings (SSSR count). The summed E-state index contributed by atoms with van der Waals surface area (Å²) in [6.07, 6.45) is 0.176. The largest absolute Gasteiger partial charge is 0.481 e. The molecule has 0 spiro atoms. The fourth-order valence-electron chi connectivity index (χ4n) is 1.55. The maximum absolute atomic E-state index is 11.5. The molecule has 6 heteroatoms. The molecule has 100 valence electrons. The Morgan fingerprint density at radius 3 is 2.56 bits per heavy atom. The first-order valence-electron chi connectivity index (χ1n) is 5.80. The minimum absolute atomic E-state index is 0.00929. The van der Waals surface area contributed by atoms with E-state index >= 15 is 0 Å². The summed E-state index contributed by atoms with van der Waals surface area (Å²) in [4.78, 5) is 26.1. The van der Waals surface area contributed by atoms with E-state index in [0.29, 0.717) is 5.89 Å². The molecular formula is C12H18N2O4. The molecule has 1 aromatic heterocycles. The van der Waals surface area contributed by atoms with E-state index in [4.69, 9.17) is 9.52 Å². The number of amides is 1. The normalized spacial score (nSPS) is 12.2. The summed E-state index contributed by atoms with van der Waals surface area (Å²) >= 11 is 0. The van der Waals surface area contributed by atoms with Crippen LogP contribution in [0.15, 0.2) is 4.42 Å². The van der Waals surface area contributed by atoms with Crippen LogP contribution in [0.2, 0.25) is 0 Å². The molecule has 2 N–H and O–H groups in total. The van der Waals surface area contributed by atoms with Gasteiger partial charge in [-0.05, 0) is 19.8 Å². The Morgan fingerprint density at radius 1 is 1.39 bits per heavy atom. The molecular weight excluding hydrogens is 236 g/mol. The Hall–Kier alpha value is -1.85. The van der Waals surface area contributed by atoms with Crippen LogP contribution in [-0.4, -0.2) is 22.0 Å². The Morgan fingerprint density at radius 2 is 2.06 bits per heavy atom. The number of carbonyl (C=O) groups is 2. The number of oxazole rings is 1. The third-order valence-electron chi connectivity index (χ3n) is 2.57. The highest BCUT2D eigenvalue weighted by Crippen LogP contribution is 2.09. The van der Waals surface area contributed by atoms with Crippen molar-refractivity contribution in [3.8, 4) is 0 Å². The molecule has 18 heavy (non-hydrogen) atoms. The van der Waals surface area contributed by atoms with E-state index in [1.165, 1.54) is 0 Å². The van der Waals surface area contributed by atoms with Crippen LogP contribution in [0.4, 0.5) is 0 Å². The monoisotopic (exact) mass is 254 g/mol. The van der Waals surface area contributed by atoms with Crippen LogP contribution in [0.1, 0.15) is 37.1 Å². The molecule has 0 aliphatic carbocycles. The van der Waals surface area contributed by atoms with Gasteiger partial charge < -0.3 is 14.8 Å². The number of aryl methyl sites for hydroxylation is 2. The molecule has 0 saturated heterocycles. The van der Waals surface area contributed by atoms with E-state index in [0.717, 1.165) is 11.5 Å². The van der Waals surface area contributed by atoms with Gasteiger partial charge in [-0.25, -0.2) is 4.98 Å². The molecule has 0 aliphatic heterocycles. The van der Waals surface area contributed by atoms with Crippen molar-refractivity contribution in [2.45, 2.75) is 40.2 Å². The van der Waals surface area contributed by atoms with Crippen LogP contribution < -0.4 is 5.32 Å². The van der Waals surface area contributed by atoms with E-state index in [9.17, 15) is 9.59 Å². The van der Waals surface area contributed by atoms with Crippen molar-refractivity contribution >= 4 is 11.9 Å². The van der Waals surface area contributed by atoms with Crippen molar-refractivity contribution in [2.75, 3.05) is 0 Å². The topological polar surface area (TPSA) is 92.4 Å². The summed E-state index contributed by atoms with van der Waals surface area (Å²) in [5.41, 5.74) is 0.804. The molecule has 1 heterocycles. The standard InChI is InChI=1S/C12H18N2O4/c1-7(5-12(16)17)4-10(15)13-6-11-14-8(2)9(3)18-11/h7H,4-6H2,1-3H3,(H,13,15)(H,16,17). The number of nitrogens with zero attached hydrogens (tertiary/aromatic N) is 1. The molecule has 0 saturated carbocycles. The number of nitrogens with one attached hydrogen (secondary N) is 1. The average molecular weight is 254 g/mol. The zero-order chi connectivity index (χ0) is 13.7. The molecule has 0 fully saturated rings. The number of carboxylic acid groups (broad SMARTS) is 1. The predicted octanol–water partition coefficient (Wildman–Crippen LogP) is 1.41. The number of carboxylic acids is 1. The molecule has 0 radical (unpaired) electrons. The molecule has 1 amide bonds. The first kappa shape index (κ1) is 14.2. The fourth-order valence-corrected chi connectivity index (χ4v) is 1.55. The van der Waals surface area contributed by atoms with E-state index in [1.807, 2.05) is 13.8 Å². The SMILES string of the molecule is Cc1nc(CNC(=O)CC(C)CC(=O)O)oc1C. The lowest BCUT2D eigenvalue weighted by molar-refractivity contribution is -0.138. The second kappa shape index (κ2) is 6.18. The van der Waals surface area contributed by atoms with Crippen molar-refractivity contribution in [2.24, 2.45) is 5.92 Å². The highest BCUT2D eigenvalue weighted by molar-refractivity contribution is 5.77. The van der Waals surface area contributed by atoms with Gasteiger partial charge in [0.05, 0.1) is 12.2 Å². The second-order valence-electron chi connectivity index (χ2n) is 4.43. The lowest BCUT2D eigenvalue weighted by atomic mass is 10.0. The van der Waals surface area contributed by atoms with Gasteiger partial charge in [-0.3, -0.25) is 9.59 Å². The maximum Gasteiger partial charge on any atom is 0.303 e. The summed E-state index contributed by atoms with van der Waals surface area (Å²) in [6, 6.07) is 0. The van der Waals surface area contributed by atoms with Gasteiger partial charge in [0.2, 0.25) is 11.8 Å². The Labute approximate surface area is 105 Å². The van der Waals surface area contributed by atoms with Crippen molar-refractivity contribution in [1.29, 1.82) is 0 Å². The third kappa shape index (κ3) is 4.57. The first-order chi connectivity index (χ1) is 8.38. The molecule has 1 atom stereocenters. The van der Waals surface area contributed by atoms with Crippen molar-refractivity contribution in [3.63, 3.8) is 0 Å². The van der Waals surface area contributed by atoms with Crippen LogP contribution in [0.25, 0.3) is 0 Å². The van der Waals surface area contributed by atoms with Gasteiger partial charge in [0, 0.05) is 12.8 Å². The summed E-state index contributed by atoms with van der Waals surface area (Å²) in [5.74, 6) is -0.0789. The minimum Gasteiger partial charge on any atom is -0.481 e. The van der Waals surface area contributed by atoms with E-state index in [1.54, 1.807) is 6.92 Å². The molecule has 1 unspecified atom stereocenters. The number of aliphatic carboxylic acids is 1. The Balaban J connectivity index is 2.35. The Kier molecular flexibility index (Phi) is 4.88. The van der Waals surface area contributed by atoms with E-state index in [2.05, 4.69) is 10.3 Å². The van der Waals surface area contributed by atoms with Crippen LogP contribution in [0.3, 0.4) is 0 Å². The Bertz CT molecular complexity index is 420. The van der Waals surface area contributed by atoms with Crippen molar-refractivity contribution in [3.05, 3.63) is 17.3 Å². The smallest absolute Gasteiger partial charge is 0.303 e. The van der Waals surface area contributed by atoms with Gasteiger partial charge in [0.25, 0.3) is 0 Å². The number of carbonyl (C=O) groups excluding carboxylic acids is 1. The molecule has 0 aliphatic rings. The van der Waals surface area contributed by atoms with Crippen LogP contribution in [-0.2, 0) is 16.1 Å². The maximum atomic E-state index is 11.5. The van der Waals surface area contributed by atoms with Crippen molar-refractivity contribution < 1.29 is 19.1 Å².